The van der Waals surface area contributed by atoms with E-state index in [-0.39, 0.29) is 6.04 Å². The Morgan fingerprint density at radius 3 is 2.74 bits per heavy atom. The molecule has 0 aliphatic carbocycles. The molecule has 1 fully saturated rings. The van der Waals surface area contributed by atoms with Crippen LogP contribution in [0.15, 0.2) is 28.7 Å². The van der Waals surface area contributed by atoms with E-state index in [4.69, 9.17) is 9.68 Å². The maximum absolute atomic E-state index is 8.83. The molecule has 0 N–H and O–H groups in total. The normalized spacial score (nSPS) is 18.5. The molecule has 0 saturated carbocycles. The molecule has 1 atom stereocenters. The number of hydrogen-bond donors (Lipinski definition) is 0. The number of nitrogens with zero attached hydrogens (tertiary/aromatic N) is 4. The Morgan fingerprint density at radius 1 is 1.32 bits per heavy atom. The van der Waals surface area contributed by atoms with Gasteiger partial charge < -0.3 is 9.32 Å². The monoisotopic (exact) mass is 254 g/mol. The van der Waals surface area contributed by atoms with Crippen LogP contribution in [0.4, 0.5) is 5.69 Å². The number of aromatic nitrogens is 2. The third-order valence-electron chi connectivity index (χ3n) is 3.41. The summed E-state index contributed by atoms with van der Waals surface area (Å²) in [5, 5.41) is 16.9. The predicted octanol–water partition coefficient (Wildman–Crippen LogP) is 2.59. The van der Waals surface area contributed by atoms with Crippen LogP contribution >= 0.6 is 0 Å². The molecule has 1 saturated heterocycles. The van der Waals surface area contributed by atoms with Gasteiger partial charge in [-0.2, -0.15) is 5.26 Å². The van der Waals surface area contributed by atoms with Crippen molar-refractivity contribution in [3.8, 4) is 6.07 Å². The quantitative estimate of drug-likeness (QED) is 0.824. The minimum Gasteiger partial charge on any atom is -0.423 e. The first-order valence-electron chi connectivity index (χ1n) is 6.35. The van der Waals surface area contributed by atoms with Crippen molar-refractivity contribution in [1.82, 2.24) is 10.2 Å². The number of benzene rings is 1. The van der Waals surface area contributed by atoms with Crippen molar-refractivity contribution < 1.29 is 4.42 Å². The zero-order valence-electron chi connectivity index (χ0n) is 10.7. The SMILES string of the molecule is Cc1nnc([C@H]2CCCN2c2ccc(C#N)cc2)o1. The fourth-order valence-corrected chi connectivity index (χ4v) is 2.51. The second-order valence-electron chi connectivity index (χ2n) is 4.67. The summed E-state index contributed by atoms with van der Waals surface area (Å²) in [4.78, 5) is 2.26. The Morgan fingerprint density at radius 2 is 2.11 bits per heavy atom. The van der Waals surface area contributed by atoms with Gasteiger partial charge in [0.15, 0.2) is 0 Å². The molecule has 1 aromatic heterocycles. The Hall–Kier alpha value is -2.35. The summed E-state index contributed by atoms with van der Waals surface area (Å²) in [6.07, 6.45) is 2.12. The van der Waals surface area contributed by atoms with E-state index in [1.807, 2.05) is 24.3 Å². The van der Waals surface area contributed by atoms with E-state index in [2.05, 4.69) is 21.2 Å². The van der Waals surface area contributed by atoms with E-state index < -0.39 is 0 Å². The van der Waals surface area contributed by atoms with Gasteiger partial charge in [0.2, 0.25) is 11.8 Å². The number of rotatable bonds is 2. The molecule has 1 aliphatic heterocycles. The third-order valence-corrected chi connectivity index (χ3v) is 3.41. The second-order valence-corrected chi connectivity index (χ2v) is 4.67. The first-order chi connectivity index (χ1) is 9.28. The highest BCUT2D eigenvalue weighted by molar-refractivity contribution is 5.51. The number of anilines is 1. The molecule has 0 spiro atoms. The standard InChI is InChI=1S/C14H14N4O/c1-10-16-17-14(19-10)13-3-2-8-18(13)12-6-4-11(9-15)5-7-12/h4-7,13H,2-3,8H2,1H3/t13-/m1/s1. The molecule has 0 amide bonds. The molecule has 0 bridgehead atoms. The largest absolute Gasteiger partial charge is 0.423 e. The van der Waals surface area contributed by atoms with Crippen LogP contribution in [0, 0.1) is 18.3 Å². The third kappa shape index (κ3) is 2.17. The van der Waals surface area contributed by atoms with Crippen molar-refractivity contribution in [2.75, 3.05) is 11.4 Å². The molecule has 96 valence electrons. The van der Waals surface area contributed by atoms with Crippen LogP contribution in [-0.2, 0) is 0 Å². The van der Waals surface area contributed by atoms with Crippen LogP contribution in [0.25, 0.3) is 0 Å². The van der Waals surface area contributed by atoms with Crippen molar-refractivity contribution in [2.45, 2.75) is 25.8 Å². The lowest BCUT2D eigenvalue weighted by Gasteiger charge is -2.24. The van der Waals surface area contributed by atoms with Crippen molar-refractivity contribution in [3.05, 3.63) is 41.6 Å². The van der Waals surface area contributed by atoms with Gasteiger partial charge in [-0.15, -0.1) is 10.2 Å². The average Bonchev–Trinajstić information content (AvgIpc) is 3.07. The van der Waals surface area contributed by atoms with Gasteiger partial charge in [0, 0.05) is 19.2 Å². The van der Waals surface area contributed by atoms with Gasteiger partial charge in [-0.25, -0.2) is 0 Å². The van der Waals surface area contributed by atoms with Crippen molar-refractivity contribution in [3.63, 3.8) is 0 Å². The van der Waals surface area contributed by atoms with Gasteiger partial charge in [0.05, 0.1) is 11.6 Å². The molecule has 1 aromatic carbocycles. The number of aryl methyl sites for hydroxylation is 1. The average molecular weight is 254 g/mol. The topological polar surface area (TPSA) is 66.0 Å². The highest BCUT2D eigenvalue weighted by Gasteiger charge is 2.30. The summed E-state index contributed by atoms with van der Waals surface area (Å²) in [6, 6.07) is 9.90. The zero-order chi connectivity index (χ0) is 13.2. The number of hydrogen-bond acceptors (Lipinski definition) is 5. The van der Waals surface area contributed by atoms with E-state index in [9.17, 15) is 0 Å². The van der Waals surface area contributed by atoms with Crippen molar-refractivity contribution >= 4 is 5.69 Å². The van der Waals surface area contributed by atoms with Gasteiger partial charge in [0.25, 0.3) is 0 Å². The first-order valence-corrected chi connectivity index (χ1v) is 6.35. The molecule has 3 rings (SSSR count). The van der Waals surface area contributed by atoms with Crippen LogP contribution in [0.1, 0.15) is 36.2 Å². The maximum atomic E-state index is 8.83. The van der Waals surface area contributed by atoms with E-state index >= 15 is 0 Å². The molecular weight excluding hydrogens is 240 g/mol. The highest BCUT2D eigenvalue weighted by atomic mass is 16.4. The molecule has 2 aromatic rings. The Labute approximate surface area is 111 Å². The predicted molar refractivity (Wildman–Crippen MR) is 69.5 cm³/mol. The molecule has 0 unspecified atom stereocenters. The molecule has 5 nitrogen and oxygen atoms in total. The fourth-order valence-electron chi connectivity index (χ4n) is 2.51. The number of nitriles is 1. The van der Waals surface area contributed by atoms with Gasteiger partial charge in [0.1, 0.15) is 6.04 Å². The summed E-state index contributed by atoms with van der Waals surface area (Å²) in [6.45, 7) is 2.77. The highest BCUT2D eigenvalue weighted by Crippen LogP contribution is 2.35. The van der Waals surface area contributed by atoms with Gasteiger partial charge in [-0.3, -0.25) is 0 Å². The minimum atomic E-state index is 0.147. The summed E-state index contributed by atoms with van der Waals surface area (Å²) >= 11 is 0. The molecule has 19 heavy (non-hydrogen) atoms. The lowest BCUT2D eigenvalue weighted by molar-refractivity contribution is 0.430. The summed E-state index contributed by atoms with van der Waals surface area (Å²) in [5.41, 5.74) is 1.77. The van der Waals surface area contributed by atoms with E-state index in [0.717, 1.165) is 25.1 Å². The van der Waals surface area contributed by atoms with Crippen LogP contribution in [0.3, 0.4) is 0 Å². The van der Waals surface area contributed by atoms with Gasteiger partial charge in [-0.05, 0) is 37.1 Å². The molecule has 0 radical (unpaired) electrons. The van der Waals surface area contributed by atoms with Gasteiger partial charge in [-0.1, -0.05) is 0 Å². The molecule has 2 heterocycles. The minimum absolute atomic E-state index is 0.147. The first kappa shape index (κ1) is 11.7. The Bertz CT molecular complexity index is 611. The van der Waals surface area contributed by atoms with Crippen molar-refractivity contribution in [1.29, 1.82) is 5.26 Å². The van der Waals surface area contributed by atoms with Crippen LogP contribution in [0.5, 0.6) is 0 Å². The lowest BCUT2D eigenvalue weighted by Crippen LogP contribution is -2.22. The molecule has 1 aliphatic rings. The van der Waals surface area contributed by atoms with E-state index in [1.165, 1.54) is 0 Å². The summed E-state index contributed by atoms with van der Waals surface area (Å²) in [7, 11) is 0. The van der Waals surface area contributed by atoms with Gasteiger partial charge >= 0.3 is 0 Å². The van der Waals surface area contributed by atoms with E-state index in [1.54, 1.807) is 6.92 Å². The second kappa shape index (κ2) is 4.73. The zero-order valence-corrected chi connectivity index (χ0v) is 10.7. The van der Waals surface area contributed by atoms with Crippen LogP contribution in [-0.4, -0.2) is 16.7 Å². The summed E-state index contributed by atoms with van der Waals surface area (Å²) < 4.78 is 5.55. The maximum Gasteiger partial charge on any atom is 0.238 e. The van der Waals surface area contributed by atoms with Crippen molar-refractivity contribution in [2.24, 2.45) is 0 Å². The van der Waals surface area contributed by atoms with Crippen LogP contribution < -0.4 is 4.90 Å². The van der Waals surface area contributed by atoms with Crippen LogP contribution in [0.2, 0.25) is 0 Å². The van der Waals surface area contributed by atoms with E-state index in [0.29, 0.717) is 17.3 Å². The Balaban J connectivity index is 1.88. The lowest BCUT2D eigenvalue weighted by atomic mass is 10.2. The fraction of sp³-hybridized carbons (Fsp3) is 0.357. The Kier molecular flexibility index (Phi) is 2.92. The summed E-state index contributed by atoms with van der Waals surface area (Å²) in [5.74, 6) is 1.28. The molecule has 5 heteroatoms. The molecular formula is C14H14N4O. The smallest absolute Gasteiger partial charge is 0.238 e.